The van der Waals surface area contributed by atoms with Crippen LogP contribution in [-0.2, 0) is 10.0 Å². The van der Waals surface area contributed by atoms with Gasteiger partial charge >= 0.3 is 0 Å². The van der Waals surface area contributed by atoms with Crippen LogP contribution >= 0.6 is 11.6 Å². The minimum absolute atomic E-state index is 0.0713. The third kappa shape index (κ3) is 6.16. The molecule has 0 heterocycles. The molecule has 0 bridgehead atoms. The molecule has 0 saturated carbocycles. The van der Waals surface area contributed by atoms with Crippen molar-refractivity contribution in [2.24, 2.45) is 0 Å². The van der Waals surface area contributed by atoms with Crippen molar-refractivity contribution in [3.05, 3.63) is 24.3 Å². The second-order valence-electron chi connectivity index (χ2n) is 4.16. The minimum Gasteiger partial charge on any atom is -0.491 e. The molecule has 1 N–H and O–H groups in total. The highest BCUT2D eigenvalue weighted by molar-refractivity contribution is 7.92. The van der Waals surface area contributed by atoms with Gasteiger partial charge in [-0.15, -0.1) is 11.6 Å². The zero-order chi connectivity index (χ0) is 14.1. The van der Waals surface area contributed by atoms with Crippen LogP contribution in [0.4, 0.5) is 5.69 Å². The van der Waals surface area contributed by atoms with Gasteiger partial charge in [0.05, 0.1) is 18.0 Å². The molecule has 0 aromatic heterocycles. The highest BCUT2D eigenvalue weighted by Gasteiger charge is 2.12. The van der Waals surface area contributed by atoms with Gasteiger partial charge in [-0.25, -0.2) is 8.42 Å². The van der Waals surface area contributed by atoms with E-state index < -0.39 is 10.0 Å². The van der Waals surface area contributed by atoms with Crippen molar-refractivity contribution < 1.29 is 13.2 Å². The van der Waals surface area contributed by atoms with E-state index in [4.69, 9.17) is 16.3 Å². The summed E-state index contributed by atoms with van der Waals surface area (Å²) in [5, 5.41) is 0. The minimum atomic E-state index is -3.34. The van der Waals surface area contributed by atoms with E-state index in [1.54, 1.807) is 18.2 Å². The van der Waals surface area contributed by atoms with Gasteiger partial charge in [0.2, 0.25) is 10.0 Å². The van der Waals surface area contributed by atoms with E-state index in [-0.39, 0.29) is 5.75 Å². The third-order valence-corrected chi connectivity index (χ3v) is 4.04. The lowest BCUT2D eigenvalue weighted by Gasteiger charge is -2.13. The van der Waals surface area contributed by atoms with Crippen molar-refractivity contribution in [1.82, 2.24) is 0 Å². The van der Waals surface area contributed by atoms with Gasteiger partial charge in [0, 0.05) is 5.88 Å². The van der Waals surface area contributed by atoms with E-state index in [0.29, 0.717) is 36.8 Å². The molecule has 1 rings (SSSR count). The fraction of sp³-hybridized carbons (Fsp3) is 0.538. The van der Waals surface area contributed by atoms with Crippen molar-refractivity contribution >= 4 is 27.3 Å². The Labute approximate surface area is 120 Å². The predicted octanol–water partition coefficient (Wildman–Crippen LogP) is 3.24. The Hall–Kier alpha value is -0.940. The number of unbranched alkanes of at least 4 members (excludes halogenated alkanes) is 1. The summed E-state index contributed by atoms with van der Waals surface area (Å²) in [7, 11) is -3.34. The maximum atomic E-state index is 11.9. The molecule has 19 heavy (non-hydrogen) atoms. The maximum absolute atomic E-state index is 11.9. The molecule has 0 fully saturated rings. The van der Waals surface area contributed by atoms with Crippen LogP contribution in [0.25, 0.3) is 0 Å². The number of hydrogen-bond acceptors (Lipinski definition) is 3. The van der Waals surface area contributed by atoms with Crippen LogP contribution in [0.1, 0.15) is 26.2 Å². The number of anilines is 1. The monoisotopic (exact) mass is 305 g/mol. The zero-order valence-electron chi connectivity index (χ0n) is 11.1. The number of nitrogens with one attached hydrogen (secondary N) is 1. The average molecular weight is 306 g/mol. The van der Waals surface area contributed by atoms with Gasteiger partial charge in [-0.05, 0) is 31.4 Å². The van der Waals surface area contributed by atoms with Crippen molar-refractivity contribution in [1.29, 1.82) is 0 Å². The largest absolute Gasteiger partial charge is 0.491 e. The van der Waals surface area contributed by atoms with E-state index in [1.807, 2.05) is 13.0 Å². The number of ether oxygens (including phenoxy) is 1. The molecule has 1 aromatic carbocycles. The van der Waals surface area contributed by atoms with Gasteiger partial charge in [-0.1, -0.05) is 19.1 Å². The Morgan fingerprint density at radius 1 is 1.26 bits per heavy atom. The van der Waals surface area contributed by atoms with Crippen molar-refractivity contribution in [3.8, 4) is 5.75 Å². The average Bonchev–Trinajstić information content (AvgIpc) is 2.37. The molecule has 0 amide bonds. The van der Waals surface area contributed by atoms with Crippen LogP contribution in [0.2, 0.25) is 0 Å². The van der Waals surface area contributed by atoms with Crippen molar-refractivity contribution in [2.45, 2.75) is 26.2 Å². The lowest BCUT2D eigenvalue weighted by atomic mass is 10.3. The maximum Gasteiger partial charge on any atom is 0.232 e. The SMILES string of the molecule is CCCOc1ccccc1NS(=O)(=O)CCCCCl. The normalized spacial score (nSPS) is 11.3. The summed E-state index contributed by atoms with van der Waals surface area (Å²) in [4.78, 5) is 0. The predicted molar refractivity (Wildman–Crippen MR) is 79.6 cm³/mol. The molecule has 4 nitrogen and oxygen atoms in total. The van der Waals surface area contributed by atoms with Gasteiger partial charge in [-0.2, -0.15) is 0 Å². The number of halogens is 1. The van der Waals surface area contributed by atoms with Gasteiger partial charge in [0.1, 0.15) is 5.75 Å². The highest BCUT2D eigenvalue weighted by atomic mass is 35.5. The molecule has 1 aromatic rings. The summed E-state index contributed by atoms with van der Waals surface area (Å²) in [5.41, 5.74) is 0.488. The first-order valence-corrected chi connectivity index (χ1v) is 8.56. The molecule has 0 atom stereocenters. The molecular formula is C13H20ClNO3S. The van der Waals surface area contributed by atoms with E-state index in [2.05, 4.69) is 4.72 Å². The first-order chi connectivity index (χ1) is 9.09. The number of para-hydroxylation sites is 2. The van der Waals surface area contributed by atoms with Crippen LogP contribution in [0.15, 0.2) is 24.3 Å². The summed E-state index contributed by atoms with van der Waals surface area (Å²) < 4.78 is 31.9. The van der Waals surface area contributed by atoms with E-state index in [0.717, 1.165) is 6.42 Å². The zero-order valence-corrected chi connectivity index (χ0v) is 12.6. The topological polar surface area (TPSA) is 55.4 Å². The summed E-state index contributed by atoms with van der Waals surface area (Å²) in [5.74, 6) is 1.11. The fourth-order valence-electron chi connectivity index (χ4n) is 1.49. The van der Waals surface area contributed by atoms with Crippen LogP contribution in [0.3, 0.4) is 0 Å². The van der Waals surface area contributed by atoms with Crippen LogP contribution < -0.4 is 9.46 Å². The molecule has 0 radical (unpaired) electrons. The molecule has 108 valence electrons. The molecule has 0 aliphatic carbocycles. The Balaban J connectivity index is 2.69. The fourth-order valence-corrected chi connectivity index (χ4v) is 2.87. The van der Waals surface area contributed by atoms with Crippen LogP contribution in [0.5, 0.6) is 5.75 Å². The summed E-state index contributed by atoms with van der Waals surface area (Å²) in [6, 6.07) is 7.04. The molecule has 6 heteroatoms. The lowest BCUT2D eigenvalue weighted by molar-refractivity contribution is 0.319. The van der Waals surface area contributed by atoms with Gasteiger partial charge in [0.25, 0.3) is 0 Å². The van der Waals surface area contributed by atoms with Gasteiger partial charge in [-0.3, -0.25) is 4.72 Å². The Morgan fingerprint density at radius 2 is 2.00 bits per heavy atom. The lowest BCUT2D eigenvalue weighted by Crippen LogP contribution is -2.17. The van der Waals surface area contributed by atoms with Gasteiger partial charge < -0.3 is 4.74 Å². The van der Waals surface area contributed by atoms with Crippen LogP contribution in [0, 0.1) is 0 Å². The van der Waals surface area contributed by atoms with E-state index >= 15 is 0 Å². The third-order valence-electron chi connectivity index (χ3n) is 2.41. The van der Waals surface area contributed by atoms with Crippen molar-refractivity contribution in [3.63, 3.8) is 0 Å². The molecule has 0 spiro atoms. The van der Waals surface area contributed by atoms with E-state index in [1.165, 1.54) is 0 Å². The number of sulfonamides is 1. The molecule has 0 unspecified atom stereocenters. The smallest absolute Gasteiger partial charge is 0.232 e. The summed E-state index contributed by atoms with van der Waals surface area (Å²) in [6.07, 6.45) is 2.12. The number of benzene rings is 1. The number of alkyl halides is 1. The molecule has 0 saturated heterocycles. The van der Waals surface area contributed by atoms with Crippen LogP contribution in [-0.4, -0.2) is 26.7 Å². The number of rotatable bonds is 9. The Kier molecular flexibility index (Phi) is 7.02. The Morgan fingerprint density at radius 3 is 2.68 bits per heavy atom. The second kappa shape index (κ2) is 8.27. The standard InChI is InChI=1S/C13H20ClNO3S/c1-2-10-18-13-8-4-3-7-12(13)15-19(16,17)11-6-5-9-14/h3-4,7-8,15H,2,5-6,9-11H2,1H3. The first-order valence-electron chi connectivity index (χ1n) is 6.37. The van der Waals surface area contributed by atoms with E-state index in [9.17, 15) is 8.42 Å². The first kappa shape index (κ1) is 16.1. The van der Waals surface area contributed by atoms with Gasteiger partial charge in [0.15, 0.2) is 0 Å². The van der Waals surface area contributed by atoms with Crippen molar-refractivity contribution in [2.75, 3.05) is 23.0 Å². The highest BCUT2D eigenvalue weighted by Crippen LogP contribution is 2.25. The molecule has 0 aliphatic heterocycles. The second-order valence-corrected chi connectivity index (χ2v) is 6.38. The summed E-state index contributed by atoms with van der Waals surface area (Å²) in [6.45, 7) is 2.56. The number of hydrogen-bond donors (Lipinski definition) is 1. The molecular weight excluding hydrogens is 286 g/mol. The quantitative estimate of drug-likeness (QED) is 0.563. The molecule has 0 aliphatic rings. The Bertz CT molecular complexity index is 477. The summed E-state index contributed by atoms with van der Waals surface area (Å²) >= 11 is 5.54.